The van der Waals surface area contributed by atoms with Crippen LogP contribution >= 0.6 is 11.3 Å². The Balaban J connectivity index is 1.75. The van der Waals surface area contributed by atoms with E-state index in [1.165, 1.54) is 23.5 Å². The molecule has 4 nitrogen and oxygen atoms in total. The lowest BCUT2D eigenvalue weighted by Crippen LogP contribution is -2.11. The SMILES string of the molecule is COc1cccc(C(=O)Nc2nc(-c3ccc(F)cc3)cs2)c1. The molecule has 2 aromatic carbocycles. The summed E-state index contributed by atoms with van der Waals surface area (Å²) in [5, 5.41) is 5.05. The molecule has 1 heterocycles. The van der Waals surface area contributed by atoms with Crippen molar-refractivity contribution in [2.24, 2.45) is 0 Å². The Labute approximate surface area is 136 Å². The highest BCUT2D eigenvalue weighted by Gasteiger charge is 2.10. The van der Waals surface area contributed by atoms with Crippen LogP contribution in [-0.2, 0) is 0 Å². The minimum atomic E-state index is -0.296. The summed E-state index contributed by atoms with van der Waals surface area (Å²) in [6.07, 6.45) is 0. The lowest BCUT2D eigenvalue weighted by Gasteiger charge is -2.04. The fourth-order valence-corrected chi connectivity index (χ4v) is 2.73. The van der Waals surface area contributed by atoms with Gasteiger partial charge in [0.15, 0.2) is 5.13 Å². The van der Waals surface area contributed by atoms with Crippen LogP contribution in [0.15, 0.2) is 53.9 Å². The van der Waals surface area contributed by atoms with Crippen molar-refractivity contribution in [1.82, 2.24) is 4.98 Å². The van der Waals surface area contributed by atoms with E-state index in [-0.39, 0.29) is 11.7 Å². The number of rotatable bonds is 4. The van der Waals surface area contributed by atoms with Crippen LogP contribution in [0.3, 0.4) is 0 Å². The summed E-state index contributed by atoms with van der Waals surface area (Å²) >= 11 is 1.31. The molecule has 0 unspecified atom stereocenters. The molecule has 0 bridgehead atoms. The lowest BCUT2D eigenvalue weighted by molar-refractivity contribution is 0.102. The van der Waals surface area contributed by atoms with Gasteiger partial charge >= 0.3 is 0 Å². The van der Waals surface area contributed by atoms with Crippen molar-refractivity contribution < 1.29 is 13.9 Å². The van der Waals surface area contributed by atoms with Crippen molar-refractivity contribution in [3.05, 3.63) is 65.3 Å². The summed E-state index contributed by atoms with van der Waals surface area (Å²) in [5.41, 5.74) is 1.98. The number of amides is 1. The van der Waals surface area contributed by atoms with E-state index in [4.69, 9.17) is 4.74 Å². The second-order valence-electron chi connectivity index (χ2n) is 4.73. The largest absolute Gasteiger partial charge is 0.497 e. The zero-order chi connectivity index (χ0) is 16.2. The van der Waals surface area contributed by atoms with Crippen LogP contribution in [0.4, 0.5) is 9.52 Å². The third-order valence-electron chi connectivity index (χ3n) is 3.20. The third kappa shape index (κ3) is 3.54. The summed E-state index contributed by atoms with van der Waals surface area (Å²) in [5.74, 6) is 0.0585. The van der Waals surface area contributed by atoms with E-state index in [9.17, 15) is 9.18 Å². The van der Waals surface area contributed by atoms with E-state index in [1.54, 1.807) is 43.5 Å². The Bertz CT molecular complexity index is 831. The molecule has 1 N–H and O–H groups in total. The zero-order valence-corrected chi connectivity index (χ0v) is 13.1. The molecule has 0 aliphatic carbocycles. The van der Waals surface area contributed by atoms with Crippen LogP contribution in [0, 0.1) is 5.82 Å². The molecule has 0 saturated heterocycles. The van der Waals surface area contributed by atoms with E-state index < -0.39 is 0 Å². The van der Waals surface area contributed by atoms with Gasteiger partial charge in [0.05, 0.1) is 12.8 Å². The standard InChI is InChI=1S/C17H13FN2O2S/c1-22-14-4-2-3-12(9-14)16(21)20-17-19-15(10-23-17)11-5-7-13(18)8-6-11/h2-10H,1H3,(H,19,20,21). The first kappa shape index (κ1) is 15.2. The molecule has 0 spiro atoms. The smallest absolute Gasteiger partial charge is 0.257 e. The predicted molar refractivity (Wildman–Crippen MR) is 88.5 cm³/mol. The molecular formula is C17H13FN2O2S. The Morgan fingerprint density at radius 1 is 1.22 bits per heavy atom. The van der Waals surface area contributed by atoms with Gasteiger partial charge in [-0.15, -0.1) is 11.3 Å². The summed E-state index contributed by atoms with van der Waals surface area (Å²) in [6, 6.07) is 12.9. The number of nitrogens with one attached hydrogen (secondary N) is 1. The molecule has 0 saturated carbocycles. The number of halogens is 1. The molecule has 3 aromatic rings. The average Bonchev–Trinajstić information content (AvgIpc) is 3.04. The Kier molecular flexibility index (Phi) is 4.34. The van der Waals surface area contributed by atoms with E-state index in [0.717, 1.165) is 5.56 Å². The first-order chi connectivity index (χ1) is 11.2. The monoisotopic (exact) mass is 328 g/mol. The van der Waals surface area contributed by atoms with Gasteiger partial charge in [-0.05, 0) is 42.5 Å². The lowest BCUT2D eigenvalue weighted by atomic mass is 10.2. The van der Waals surface area contributed by atoms with Crippen LogP contribution in [-0.4, -0.2) is 18.0 Å². The number of anilines is 1. The normalized spacial score (nSPS) is 10.3. The Morgan fingerprint density at radius 2 is 2.00 bits per heavy atom. The summed E-state index contributed by atoms with van der Waals surface area (Å²) in [6.45, 7) is 0. The second-order valence-corrected chi connectivity index (χ2v) is 5.59. The number of ether oxygens (including phenoxy) is 1. The summed E-state index contributed by atoms with van der Waals surface area (Å²) < 4.78 is 18.0. The maximum Gasteiger partial charge on any atom is 0.257 e. The van der Waals surface area contributed by atoms with Gasteiger partial charge in [0.25, 0.3) is 5.91 Å². The molecule has 6 heteroatoms. The van der Waals surface area contributed by atoms with Gasteiger partial charge in [-0.25, -0.2) is 9.37 Å². The molecule has 0 fully saturated rings. The molecule has 1 amide bonds. The van der Waals surface area contributed by atoms with E-state index in [2.05, 4.69) is 10.3 Å². The summed E-state index contributed by atoms with van der Waals surface area (Å²) in [4.78, 5) is 16.6. The number of nitrogens with zero attached hydrogens (tertiary/aromatic N) is 1. The number of hydrogen-bond donors (Lipinski definition) is 1. The zero-order valence-electron chi connectivity index (χ0n) is 12.2. The molecule has 0 atom stereocenters. The molecule has 0 aliphatic rings. The van der Waals surface area contributed by atoms with Gasteiger partial charge in [0.1, 0.15) is 11.6 Å². The van der Waals surface area contributed by atoms with E-state index >= 15 is 0 Å². The number of aromatic nitrogens is 1. The Morgan fingerprint density at radius 3 is 2.74 bits per heavy atom. The van der Waals surface area contributed by atoms with Gasteiger partial charge < -0.3 is 4.74 Å². The van der Waals surface area contributed by atoms with Crippen LogP contribution in [0.25, 0.3) is 11.3 Å². The minimum Gasteiger partial charge on any atom is -0.497 e. The molecule has 3 rings (SSSR count). The van der Waals surface area contributed by atoms with Crippen molar-refractivity contribution in [1.29, 1.82) is 0 Å². The second kappa shape index (κ2) is 6.58. The number of benzene rings is 2. The van der Waals surface area contributed by atoms with Gasteiger partial charge in [0, 0.05) is 16.5 Å². The molecule has 0 radical (unpaired) electrons. The first-order valence-corrected chi connectivity index (χ1v) is 7.70. The van der Waals surface area contributed by atoms with Crippen molar-refractivity contribution in [2.75, 3.05) is 12.4 Å². The fraction of sp³-hybridized carbons (Fsp3) is 0.0588. The summed E-state index contributed by atoms with van der Waals surface area (Å²) in [7, 11) is 1.55. The molecule has 23 heavy (non-hydrogen) atoms. The maximum absolute atomic E-state index is 12.9. The molecule has 1 aromatic heterocycles. The van der Waals surface area contributed by atoms with Gasteiger partial charge in [-0.1, -0.05) is 6.07 Å². The van der Waals surface area contributed by atoms with Crippen molar-refractivity contribution in [3.8, 4) is 17.0 Å². The Hall–Kier alpha value is -2.73. The number of methoxy groups -OCH3 is 1. The van der Waals surface area contributed by atoms with E-state index in [0.29, 0.717) is 22.1 Å². The fourth-order valence-electron chi connectivity index (χ4n) is 2.02. The van der Waals surface area contributed by atoms with Crippen molar-refractivity contribution in [3.63, 3.8) is 0 Å². The van der Waals surface area contributed by atoms with Crippen LogP contribution in [0.1, 0.15) is 10.4 Å². The van der Waals surface area contributed by atoms with Crippen LogP contribution in [0.2, 0.25) is 0 Å². The first-order valence-electron chi connectivity index (χ1n) is 6.82. The van der Waals surface area contributed by atoms with Crippen molar-refractivity contribution in [2.45, 2.75) is 0 Å². The molecular weight excluding hydrogens is 315 g/mol. The maximum atomic E-state index is 12.9. The third-order valence-corrected chi connectivity index (χ3v) is 3.95. The minimum absolute atomic E-state index is 0.260. The number of thiazole rings is 1. The number of hydrogen-bond acceptors (Lipinski definition) is 4. The molecule has 0 aliphatic heterocycles. The van der Waals surface area contributed by atoms with E-state index in [1.807, 2.05) is 5.38 Å². The van der Waals surface area contributed by atoms with Gasteiger partial charge in [-0.3, -0.25) is 10.1 Å². The molecule has 116 valence electrons. The van der Waals surface area contributed by atoms with Gasteiger partial charge in [0.2, 0.25) is 0 Å². The quantitative estimate of drug-likeness (QED) is 0.780. The van der Waals surface area contributed by atoms with Crippen LogP contribution in [0.5, 0.6) is 5.75 Å². The topological polar surface area (TPSA) is 51.2 Å². The number of carbonyl (C=O) groups excluding carboxylic acids is 1. The predicted octanol–water partition coefficient (Wildman–Crippen LogP) is 4.21. The van der Waals surface area contributed by atoms with Crippen LogP contribution < -0.4 is 10.1 Å². The highest BCUT2D eigenvalue weighted by molar-refractivity contribution is 7.14. The highest BCUT2D eigenvalue weighted by Crippen LogP contribution is 2.25. The van der Waals surface area contributed by atoms with Crippen molar-refractivity contribution >= 4 is 22.4 Å². The van der Waals surface area contributed by atoms with Gasteiger partial charge in [-0.2, -0.15) is 0 Å². The average molecular weight is 328 g/mol. The number of carbonyl (C=O) groups is 1. The highest BCUT2D eigenvalue weighted by atomic mass is 32.1.